The summed E-state index contributed by atoms with van der Waals surface area (Å²) in [5.74, 6) is 0.908. The molecule has 0 amide bonds. The van der Waals surface area contributed by atoms with E-state index in [0.29, 0.717) is 6.54 Å². The lowest BCUT2D eigenvalue weighted by Crippen LogP contribution is -2.28. The van der Waals surface area contributed by atoms with E-state index in [2.05, 4.69) is 11.9 Å². The van der Waals surface area contributed by atoms with Gasteiger partial charge in [0.15, 0.2) is 0 Å². The van der Waals surface area contributed by atoms with Crippen LogP contribution in [0.5, 0.6) is 0 Å². The second-order valence-corrected chi connectivity index (χ2v) is 4.10. The van der Waals surface area contributed by atoms with E-state index in [0.717, 1.165) is 42.8 Å². The zero-order valence-electron chi connectivity index (χ0n) is 10.8. The van der Waals surface area contributed by atoms with Crippen molar-refractivity contribution in [3.05, 3.63) is 27.4 Å². The summed E-state index contributed by atoms with van der Waals surface area (Å²) >= 11 is 0. The molecule has 0 spiro atoms. The van der Waals surface area contributed by atoms with E-state index in [1.54, 1.807) is 4.57 Å². The molecule has 3 nitrogen and oxygen atoms in total. The zero-order chi connectivity index (χ0) is 12.1. The molecule has 0 aliphatic carbocycles. The first-order valence-corrected chi connectivity index (χ1v) is 6.24. The molecule has 0 radical (unpaired) electrons. The molecule has 0 aliphatic rings. The van der Waals surface area contributed by atoms with Gasteiger partial charge in [0.25, 0.3) is 5.56 Å². The Kier molecular flexibility index (Phi) is 4.71. The third kappa shape index (κ3) is 2.52. The predicted octanol–water partition coefficient (Wildman–Crippen LogP) is 2.48. The highest BCUT2D eigenvalue weighted by Gasteiger charge is 2.11. The second kappa shape index (κ2) is 5.83. The van der Waals surface area contributed by atoms with Crippen LogP contribution in [0.1, 0.15) is 50.7 Å². The Labute approximate surface area is 97.5 Å². The van der Waals surface area contributed by atoms with Crippen molar-refractivity contribution in [2.24, 2.45) is 0 Å². The maximum absolute atomic E-state index is 12.2. The van der Waals surface area contributed by atoms with Gasteiger partial charge in [-0.1, -0.05) is 20.3 Å². The van der Waals surface area contributed by atoms with Crippen LogP contribution in [-0.4, -0.2) is 9.55 Å². The first-order chi connectivity index (χ1) is 7.65. The summed E-state index contributed by atoms with van der Waals surface area (Å²) in [6, 6.07) is 0. The Morgan fingerprint density at radius 1 is 1.25 bits per heavy atom. The maximum atomic E-state index is 12.2. The summed E-state index contributed by atoms with van der Waals surface area (Å²) in [7, 11) is 0. The summed E-state index contributed by atoms with van der Waals surface area (Å²) in [4.78, 5) is 16.8. The number of unbranched alkanes of at least 4 members (excludes halogenated alkanes) is 1. The molecular weight excluding hydrogens is 200 g/mol. The van der Waals surface area contributed by atoms with Gasteiger partial charge < -0.3 is 0 Å². The van der Waals surface area contributed by atoms with E-state index in [1.807, 2.05) is 20.8 Å². The highest BCUT2D eigenvalue weighted by atomic mass is 16.1. The van der Waals surface area contributed by atoms with Gasteiger partial charge in [0.05, 0.1) is 0 Å². The minimum absolute atomic E-state index is 0.167. The van der Waals surface area contributed by atoms with Crippen LogP contribution in [0.2, 0.25) is 0 Å². The van der Waals surface area contributed by atoms with Gasteiger partial charge in [-0.05, 0) is 26.7 Å². The third-order valence-electron chi connectivity index (χ3n) is 2.96. The minimum Gasteiger partial charge on any atom is -0.297 e. The Morgan fingerprint density at radius 2 is 1.94 bits per heavy atom. The fourth-order valence-corrected chi connectivity index (χ4v) is 1.99. The molecule has 1 aromatic heterocycles. The Morgan fingerprint density at radius 3 is 2.44 bits per heavy atom. The first-order valence-electron chi connectivity index (χ1n) is 6.24. The zero-order valence-corrected chi connectivity index (χ0v) is 10.8. The van der Waals surface area contributed by atoms with E-state index in [9.17, 15) is 4.79 Å². The molecular formula is C13H22N2O. The topological polar surface area (TPSA) is 34.9 Å². The average Bonchev–Trinajstić information content (AvgIpc) is 2.28. The fourth-order valence-electron chi connectivity index (χ4n) is 1.99. The van der Waals surface area contributed by atoms with Crippen molar-refractivity contribution in [1.82, 2.24) is 9.55 Å². The van der Waals surface area contributed by atoms with Crippen LogP contribution in [0.25, 0.3) is 0 Å². The lowest BCUT2D eigenvalue weighted by atomic mass is 10.1. The SMILES string of the molecule is CCCCc1c(C)nc(CC)n(CC)c1=O. The van der Waals surface area contributed by atoms with Crippen LogP contribution in [0.15, 0.2) is 4.79 Å². The molecule has 0 aliphatic heterocycles. The largest absolute Gasteiger partial charge is 0.297 e. The molecule has 0 aromatic carbocycles. The minimum atomic E-state index is 0.167. The lowest BCUT2D eigenvalue weighted by Gasteiger charge is -2.13. The standard InChI is InChI=1S/C13H22N2O/c1-5-8-9-11-10(4)14-12(6-2)15(7-3)13(11)16/h5-9H2,1-4H3. The summed E-state index contributed by atoms with van der Waals surface area (Å²) < 4.78 is 1.80. The Hall–Kier alpha value is -1.12. The number of hydrogen-bond donors (Lipinski definition) is 0. The Balaban J connectivity index is 3.24. The molecule has 0 unspecified atom stereocenters. The molecule has 90 valence electrons. The second-order valence-electron chi connectivity index (χ2n) is 4.10. The van der Waals surface area contributed by atoms with Gasteiger partial charge in [0.2, 0.25) is 0 Å². The van der Waals surface area contributed by atoms with Gasteiger partial charge in [0, 0.05) is 24.2 Å². The third-order valence-corrected chi connectivity index (χ3v) is 2.96. The van der Waals surface area contributed by atoms with Crippen molar-refractivity contribution in [2.75, 3.05) is 0 Å². The van der Waals surface area contributed by atoms with Crippen molar-refractivity contribution in [2.45, 2.75) is 59.9 Å². The van der Waals surface area contributed by atoms with E-state index >= 15 is 0 Å². The lowest BCUT2D eigenvalue weighted by molar-refractivity contribution is 0.628. The summed E-state index contributed by atoms with van der Waals surface area (Å²) in [6.07, 6.45) is 3.85. The predicted molar refractivity (Wildman–Crippen MR) is 66.9 cm³/mol. The Bertz CT molecular complexity index is 407. The highest BCUT2D eigenvalue weighted by Crippen LogP contribution is 2.06. The number of rotatable bonds is 5. The molecule has 1 rings (SSSR count). The van der Waals surface area contributed by atoms with Gasteiger partial charge in [-0.3, -0.25) is 9.36 Å². The van der Waals surface area contributed by atoms with Crippen LogP contribution in [0, 0.1) is 6.92 Å². The quantitative estimate of drug-likeness (QED) is 0.767. The number of aromatic nitrogens is 2. The van der Waals surface area contributed by atoms with Crippen molar-refractivity contribution in [3.8, 4) is 0 Å². The average molecular weight is 222 g/mol. The van der Waals surface area contributed by atoms with Gasteiger partial charge in [-0.25, -0.2) is 4.98 Å². The number of nitrogens with zero attached hydrogens (tertiary/aromatic N) is 2. The molecule has 0 fully saturated rings. The number of aryl methyl sites for hydroxylation is 2. The molecule has 3 heteroatoms. The molecule has 16 heavy (non-hydrogen) atoms. The summed E-state index contributed by atoms with van der Waals surface area (Å²) in [5.41, 5.74) is 1.99. The summed E-state index contributed by atoms with van der Waals surface area (Å²) in [6.45, 7) is 8.85. The first kappa shape index (κ1) is 12.9. The normalized spacial score (nSPS) is 10.8. The van der Waals surface area contributed by atoms with Crippen LogP contribution in [0.4, 0.5) is 0 Å². The van der Waals surface area contributed by atoms with Crippen molar-refractivity contribution in [3.63, 3.8) is 0 Å². The highest BCUT2D eigenvalue weighted by molar-refractivity contribution is 5.18. The van der Waals surface area contributed by atoms with Crippen LogP contribution in [0.3, 0.4) is 0 Å². The molecule has 0 bridgehead atoms. The van der Waals surface area contributed by atoms with Gasteiger partial charge in [-0.2, -0.15) is 0 Å². The molecule has 1 heterocycles. The van der Waals surface area contributed by atoms with Gasteiger partial charge in [0.1, 0.15) is 5.82 Å². The van der Waals surface area contributed by atoms with Crippen LogP contribution in [-0.2, 0) is 19.4 Å². The van der Waals surface area contributed by atoms with Gasteiger partial charge in [-0.15, -0.1) is 0 Å². The smallest absolute Gasteiger partial charge is 0.256 e. The van der Waals surface area contributed by atoms with E-state index in [1.165, 1.54) is 0 Å². The molecule has 0 saturated heterocycles. The van der Waals surface area contributed by atoms with Crippen LogP contribution >= 0.6 is 0 Å². The van der Waals surface area contributed by atoms with Crippen molar-refractivity contribution < 1.29 is 0 Å². The van der Waals surface area contributed by atoms with Gasteiger partial charge >= 0.3 is 0 Å². The molecule has 0 atom stereocenters. The molecule has 0 saturated carbocycles. The van der Waals surface area contributed by atoms with E-state index in [4.69, 9.17) is 0 Å². The monoisotopic (exact) mass is 222 g/mol. The molecule has 1 aromatic rings. The molecule has 0 N–H and O–H groups in total. The maximum Gasteiger partial charge on any atom is 0.256 e. The van der Waals surface area contributed by atoms with Crippen molar-refractivity contribution in [1.29, 1.82) is 0 Å². The van der Waals surface area contributed by atoms with Crippen LogP contribution < -0.4 is 5.56 Å². The summed E-state index contributed by atoms with van der Waals surface area (Å²) in [5, 5.41) is 0. The van der Waals surface area contributed by atoms with E-state index in [-0.39, 0.29) is 5.56 Å². The van der Waals surface area contributed by atoms with Crippen molar-refractivity contribution >= 4 is 0 Å². The fraction of sp³-hybridized carbons (Fsp3) is 0.692. The number of hydrogen-bond acceptors (Lipinski definition) is 2. The van der Waals surface area contributed by atoms with E-state index < -0.39 is 0 Å².